The molecule has 1 aromatic heterocycles. The first-order valence-corrected chi connectivity index (χ1v) is 8.35. The zero-order valence-corrected chi connectivity index (χ0v) is 14.8. The zero-order chi connectivity index (χ0) is 17.3. The van der Waals surface area contributed by atoms with Crippen LogP contribution in [0, 0.1) is 0 Å². The van der Waals surface area contributed by atoms with Crippen LogP contribution < -0.4 is 5.32 Å². The Balaban J connectivity index is 1.63. The highest BCUT2D eigenvalue weighted by Gasteiger charge is 2.30. The Labute approximate surface area is 146 Å². The maximum atomic E-state index is 12.1. The second kappa shape index (κ2) is 6.43. The molecule has 0 aliphatic carbocycles. The Morgan fingerprint density at radius 2 is 2.21 bits per heavy atom. The lowest BCUT2D eigenvalue weighted by Gasteiger charge is -2.24. The highest BCUT2D eigenvalue weighted by molar-refractivity contribution is 6.31. The third-order valence-electron chi connectivity index (χ3n) is 3.72. The fourth-order valence-corrected chi connectivity index (χ4v) is 2.81. The normalized spacial score (nSPS) is 18.0. The van der Waals surface area contributed by atoms with Gasteiger partial charge in [-0.3, -0.25) is 0 Å². The van der Waals surface area contributed by atoms with Crippen molar-refractivity contribution in [3.63, 3.8) is 0 Å². The number of hydrogen-bond acceptors (Lipinski definition) is 5. The third kappa shape index (κ3) is 4.06. The Morgan fingerprint density at radius 1 is 1.42 bits per heavy atom. The van der Waals surface area contributed by atoms with Gasteiger partial charge in [-0.15, -0.1) is 0 Å². The molecule has 0 bridgehead atoms. The van der Waals surface area contributed by atoms with Crippen molar-refractivity contribution >= 4 is 34.5 Å². The van der Waals surface area contributed by atoms with E-state index in [1.807, 2.05) is 32.9 Å². The molecule has 1 amide bonds. The molecule has 2 heterocycles. The van der Waals surface area contributed by atoms with Gasteiger partial charge in [0, 0.05) is 35.7 Å². The summed E-state index contributed by atoms with van der Waals surface area (Å²) in [6.07, 6.45) is 2.30. The maximum absolute atomic E-state index is 12.1. The molecule has 7 heteroatoms. The molecule has 128 valence electrons. The largest absolute Gasteiger partial charge is 0.444 e. The van der Waals surface area contributed by atoms with Gasteiger partial charge in [0.15, 0.2) is 0 Å². The number of anilines is 1. The van der Waals surface area contributed by atoms with Gasteiger partial charge in [-0.25, -0.2) is 14.8 Å². The second-order valence-corrected chi connectivity index (χ2v) is 7.39. The van der Waals surface area contributed by atoms with Gasteiger partial charge in [-0.2, -0.15) is 0 Å². The summed E-state index contributed by atoms with van der Waals surface area (Å²) in [6, 6.07) is 5.62. The van der Waals surface area contributed by atoms with E-state index < -0.39 is 5.60 Å². The van der Waals surface area contributed by atoms with Crippen molar-refractivity contribution in [1.82, 2.24) is 14.9 Å². The molecule has 0 unspecified atom stereocenters. The first-order chi connectivity index (χ1) is 11.3. The quantitative estimate of drug-likeness (QED) is 0.896. The molecule has 1 fully saturated rings. The minimum Gasteiger partial charge on any atom is -0.444 e. The number of ether oxygens (including phenoxy) is 1. The molecule has 1 atom stereocenters. The number of likely N-dealkylation sites (tertiary alicyclic amines) is 1. The smallest absolute Gasteiger partial charge is 0.410 e. The van der Waals surface area contributed by atoms with Crippen LogP contribution in [0.15, 0.2) is 24.4 Å². The Bertz CT molecular complexity index is 760. The topological polar surface area (TPSA) is 67.3 Å². The van der Waals surface area contributed by atoms with E-state index in [0.29, 0.717) is 24.1 Å². The molecule has 1 aliphatic heterocycles. The van der Waals surface area contributed by atoms with Gasteiger partial charge in [-0.1, -0.05) is 11.6 Å². The van der Waals surface area contributed by atoms with Crippen molar-refractivity contribution in [1.29, 1.82) is 0 Å². The summed E-state index contributed by atoms with van der Waals surface area (Å²) in [5.74, 6) is 0.556. The second-order valence-electron chi connectivity index (χ2n) is 6.95. The molecule has 3 rings (SSSR count). The Morgan fingerprint density at radius 3 is 2.96 bits per heavy atom. The van der Waals surface area contributed by atoms with E-state index in [1.165, 1.54) is 0 Å². The molecular formula is C17H21ClN4O2. The van der Waals surface area contributed by atoms with Crippen molar-refractivity contribution in [3.8, 4) is 0 Å². The van der Waals surface area contributed by atoms with Crippen LogP contribution in [-0.2, 0) is 4.74 Å². The molecule has 6 nitrogen and oxygen atoms in total. The number of carbonyl (C=O) groups is 1. The molecule has 0 saturated carbocycles. The SMILES string of the molecule is CC(C)(C)OC(=O)N1CC[C@@H](Nc2ncc3cc(Cl)ccc3n2)C1. The average molecular weight is 349 g/mol. The number of carbonyl (C=O) groups excluding carboxylic acids is 1. The maximum Gasteiger partial charge on any atom is 0.410 e. The molecule has 24 heavy (non-hydrogen) atoms. The van der Waals surface area contributed by atoms with E-state index in [-0.39, 0.29) is 12.1 Å². The van der Waals surface area contributed by atoms with E-state index in [0.717, 1.165) is 17.3 Å². The molecule has 1 aliphatic rings. The van der Waals surface area contributed by atoms with Crippen LogP contribution in [0.3, 0.4) is 0 Å². The lowest BCUT2D eigenvalue weighted by Crippen LogP contribution is -2.36. The van der Waals surface area contributed by atoms with Crippen molar-refractivity contribution < 1.29 is 9.53 Å². The summed E-state index contributed by atoms with van der Waals surface area (Å²) < 4.78 is 5.40. The van der Waals surface area contributed by atoms with Crippen LogP contribution in [0.2, 0.25) is 5.02 Å². The van der Waals surface area contributed by atoms with Crippen LogP contribution >= 0.6 is 11.6 Å². The van der Waals surface area contributed by atoms with Gasteiger partial charge >= 0.3 is 6.09 Å². The van der Waals surface area contributed by atoms with Gasteiger partial charge in [0.1, 0.15) is 5.60 Å². The Hall–Kier alpha value is -2.08. The molecule has 0 spiro atoms. The van der Waals surface area contributed by atoms with Crippen LogP contribution in [-0.4, -0.2) is 45.7 Å². The van der Waals surface area contributed by atoms with E-state index in [9.17, 15) is 4.79 Å². The third-order valence-corrected chi connectivity index (χ3v) is 3.95. The minimum atomic E-state index is -0.481. The predicted octanol–water partition coefficient (Wildman–Crippen LogP) is 3.70. The predicted molar refractivity (Wildman–Crippen MR) is 94.4 cm³/mol. The molecule has 1 N–H and O–H groups in total. The zero-order valence-electron chi connectivity index (χ0n) is 14.0. The number of nitrogens with zero attached hydrogens (tertiary/aromatic N) is 3. The number of benzene rings is 1. The standard InChI is InChI=1S/C17H21ClN4O2/c1-17(2,3)24-16(23)22-7-6-13(10-22)20-15-19-9-11-8-12(18)4-5-14(11)21-15/h4-5,8-9,13H,6-7,10H2,1-3H3,(H,19,20,21)/t13-/m1/s1. The molecule has 0 radical (unpaired) electrons. The highest BCUT2D eigenvalue weighted by Crippen LogP contribution is 2.20. The summed E-state index contributed by atoms with van der Waals surface area (Å²) in [6.45, 7) is 6.84. The molecule has 1 aromatic carbocycles. The Kier molecular flexibility index (Phi) is 4.49. The summed E-state index contributed by atoms with van der Waals surface area (Å²) in [5, 5.41) is 4.85. The highest BCUT2D eigenvalue weighted by atomic mass is 35.5. The number of rotatable bonds is 2. The van der Waals surface area contributed by atoms with E-state index in [2.05, 4.69) is 15.3 Å². The number of nitrogens with one attached hydrogen (secondary N) is 1. The van der Waals surface area contributed by atoms with Gasteiger partial charge in [-0.05, 0) is 45.4 Å². The van der Waals surface area contributed by atoms with E-state index >= 15 is 0 Å². The summed E-state index contributed by atoms with van der Waals surface area (Å²) in [4.78, 5) is 22.6. The number of fused-ring (bicyclic) bond motifs is 1. The summed E-state index contributed by atoms with van der Waals surface area (Å²) >= 11 is 5.97. The molecule has 2 aromatic rings. The summed E-state index contributed by atoms with van der Waals surface area (Å²) in [7, 11) is 0. The molecule has 1 saturated heterocycles. The lowest BCUT2D eigenvalue weighted by atomic mass is 10.2. The van der Waals surface area contributed by atoms with Gasteiger partial charge in [0.2, 0.25) is 5.95 Å². The average Bonchev–Trinajstić information content (AvgIpc) is 2.94. The monoisotopic (exact) mass is 348 g/mol. The van der Waals surface area contributed by atoms with Crippen molar-refractivity contribution in [2.24, 2.45) is 0 Å². The number of halogens is 1. The van der Waals surface area contributed by atoms with Gasteiger partial charge < -0.3 is 15.0 Å². The van der Waals surface area contributed by atoms with Crippen LogP contribution in [0.25, 0.3) is 10.9 Å². The minimum absolute atomic E-state index is 0.113. The number of amides is 1. The first kappa shape index (κ1) is 16.8. The fraction of sp³-hybridized carbons (Fsp3) is 0.471. The molecular weight excluding hydrogens is 328 g/mol. The van der Waals surface area contributed by atoms with Gasteiger partial charge in [0.25, 0.3) is 0 Å². The van der Waals surface area contributed by atoms with Crippen molar-refractivity contribution in [2.45, 2.75) is 38.8 Å². The van der Waals surface area contributed by atoms with E-state index in [1.54, 1.807) is 17.2 Å². The van der Waals surface area contributed by atoms with Crippen LogP contribution in [0.4, 0.5) is 10.7 Å². The fourth-order valence-electron chi connectivity index (χ4n) is 2.63. The lowest BCUT2D eigenvalue weighted by molar-refractivity contribution is 0.0293. The summed E-state index contributed by atoms with van der Waals surface area (Å²) in [5.41, 5.74) is 0.351. The van der Waals surface area contributed by atoms with Crippen molar-refractivity contribution in [3.05, 3.63) is 29.4 Å². The van der Waals surface area contributed by atoms with Crippen LogP contribution in [0.1, 0.15) is 27.2 Å². The first-order valence-electron chi connectivity index (χ1n) is 7.97. The van der Waals surface area contributed by atoms with Gasteiger partial charge in [0.05, 0.1) is 5.52 Å². The van der Waals surface area contributed by atoms with Crippen LogP contribution in [0.5, 0.6) is 0 Å². The van der Waals surface area contributed by atoms with Crippen molar-refractivity contribution in [2.75, 3.05) is 18.4 Å². The number of aromatic nitrogens is 2. The van der Waals surface area contributed by atoms with E-state index in [4.69, 9.17) is 16.3 Å². The number of hydrogen-bond donors (Lipinski definition) is 1.